The molecule has 23 heavy (non-hydrogen) atoms. The summed E-state index contributed by atoms with van der Waals surface area (Å²) in [6.45, 7) is 3.43. The van der Waals surface area contributed by atoms with E-state index in [1.807, 2.05) is 18.2 Å². The number of fused-ring (bicyclic) bond motifs is 2. The molecule has 2 N–H and O–H groups in total. The number of ether oxygens (including phenoxy) is 2. The van der Waals surface area contributed by atoms with E-state index in [1.54, 1.807) is 30.6 Å². The molecule has 120 valence electrons. The van der Waals surface area contributed by atoms with Crippen LogP contribution in [0.25, 0.3) is 5.52 Å². The number of carbonyl (C=O) groups is 2. The van der Waals surface area contributed by atoms with Crippen LogP contribution in [-0.4, -0.2) is 45.5 Å². The molecule has 4 rings (SSSR count). The monoisotopic (exact) mass is 316 g/mol. The van der Waals surface area contributed by atoms with Crippen LogP contribution in [0.2, 0.25) is 0 Å². The first kappa shape index (κ1) is 14.2. The third-order valence-electron chi connectivity index (χ3n) is 3.93. The molecule has 3 atom stereocenters. The first-order valence-electron chi connectivity index (χ1n) is 7.34. The lowest BCUT2D eigenvalue weighted by Gasteiger charge is -2.21. The summed E-state index contributed by atoms with van der Waals surface area (Å²) >= 11 is 0. The summed E-state index contributed by atoms with van der Waals surface area (Å²) in [6.07, 6.45) is 0.378. The normalized spacial score (nSPS) is 28.6. The molecule has 8 nitrogen and oxygen atoms in total. The van der Waals surface area contributed by atoms with Gasteiger partial charge in [-0.2, -0.15) is 5.10 Å². The molecule has 2 aliphatic rings. The molecule has 2 saturated heterocycles. The van der Waals surface area contributed by atoms with Crippen molar-refractivity contribution in [2.75, 3.05) is 5.32 Å². The van der Waals surface area contributed by atoms with Gasteiger partial charge in [0.05, 0.1) is 5.52 Å². The zero-order valence-corrected chi connectivity index (χ0v) is 12.6. The second kappa shape index (κ2) is 4.77. The van der Waals surface area contributed by atoms with Crippen molar-refractivity contribution < 1.29 is 19.1 Å². The van der Waals surface area contributed by atoms with Crippen LogP contribution in [0.5, 0.6) is 0 Å². The fourth-order valence-electron chi connectivity index (χ4n) is 2.96. The van der Waals surface area contributed by atoms with Crippen LogP contribution >= 0.6 is 0 Å². The summed E-state index contributed by atoms with van der Waals surface area (Å²) in [4.78, 5) is 24.4. The molecule has 2 aromatic rings. The molecule has 0 saturated carbocycles. The largest absolute Gasteiger partial charge is 0.341 e. The topological polar surface area (TPSA) is 94.0 Å². The number of rotatable bonds is 2. The van der Waals surface area contributed by atoms with Crippen molar-refractivity contribution >= 4 is 23.1 Å². The van der Waals surface area contributed by atoms with E-state index < -0.39 is 24.0 Å². The Morgan fingerprint density at radius 1 is 1.35 bits per heavy atom. The van der Waals surface area contributed by atoms with E-state index in [1.165, 1.54) is 0 Å². The standard InChI is InChI=1S/C15H16N4O4/c1-15(2)22-11-10(17-14(21)12(11)23-15)13(20)16-9-6-5-8-4-3-7-19(8)18-9/h3-7,10-12H,1-2H3,(H,17,21)(H,16,18,20). The van der Waals surface area contributed by atoms with Gasteiger partial charge in [0, 0.05) is 6.20 Å². The summed E-state index contributed by atoms with van der Waals surface area (Å²) < 4.78 is 12.9. The highest BCUT2D eigenvalue weighted by atomic mass is 16.8. The number of hydrogen-bond acceptors (Lipinski definition) is 5. The van der Waals surface area contributed by atoms with Crippen LogP contribution in [0.15, 0.2) is 30.5 Å². The van der Waals surface area contributed by atoms with Crippen molar-refractivity contribution in [2.45, 2.75) is 37.9 Å². The number of anilines is 1. The summed E-state index contributed by atoms with van der Waals surface area (Å²) in [7, 11) is 0. The summed E-state index contributed by atoms with van der Waals surface area (Å²) in [5.41, 5.74) is 0.923. The number of nitrogens with zero attached hydrogens (tertiary/aromatic N) is 2. The van der Waals surface area contributed by atoms with Crippen LogP contribution < -0.4 is 10.6 Å². The van der Waals surface area contributed by atoms with Gasteiger partial charge >= 0.3 is 0 Å². The third kappa shape index (κ3) is 2.36. The van der Waals surface area contributed by atoms with Crippen LogP contribution in [0.1, 0.15) is 13.8 Å². The zero-order valence-electron chi connectivity index (χ0n) is 12.6. The highest BCUT2D eigenvalue weighted by Crippen LogP contribution is 2.33. The van der Waals surface area contributed by atoms with Gasteiger partial charge in [0.25, 0.3) is 11.8 Å². The van der Waals surface area contributed by atoms with Crippen molar-refractivity contribution in [3.63, 3.8) is 0 Å². The van der Waals surface area contributed by atoms with Gasteiger partial charge in [0.1, 0.15) is 12.1 Å². The van der Waals surface area contributed by atoms with Crippen LogP contribution in [0.4, 0.5) is 5.82 Å². The molecule has 0 radical (unpaired) electrons. The minimum absolute atomic E-state index is 0.338. The quantitative estimate of drug-likeness (QED) is 0.830. The molecule has 4 heterocycles. The highest BCUT2D eigenvalue weighted by Gasteiger charge is 2.56. The van der Waals surface area contributed by atoms with Gasteiger partial charge in [0.15, 0.2) is 17.7 Å². The molecule has 2 amide bonds. The molecule has 2 aromatic heterocycles. The molecule has 0 aromatic carbocycles. The number of nitrogens with one attached hydrogen (secondary N) is 2. The average molecular weight is 316 g/mol. The summed E-state index contributed by atoms with van der Waals surface area (Å²) in [5, 5.41) is 9.60. The van der Waals surface area contributed by atoms with Gasteiger partial charge < -0.3 is 20.1 Å². The molecule has 0 aliphatic carbocycles. The Balaban J connectivity index is 1.53. The van der Waals surface area contributed by atoms with E-state index in [-0.39, 0.29) is 11.8 Å². The fraction of sp³-hybridized carbons (Fsp3) is 0.400. The third-order valence-corrected chi connectivity index (χ3v) is 3.93. The maximum atomic E-state index is 12.5. The second-order valence-corrected chi connectivity index (χ2v) is 6.09. The molecular weight excluding hydrogens is 300 g/mol. The van der Waals surface area contributed by atoms with Crippen molar-refractivity contribution in [1.82, 2.24) is 14.9 Å². The lowest BCUT2D eigenvalue weighted by atomic mass is 10.1. The molecule has 0 spiro atoms. The predicted molar refractivity (Wildman–Crippen MR) is 79.6 cm³/mol. The predicted octanol–water partition coefficient (Wildman–Crippen LogP) is 0.291. The molecule has 2 fully saturated rings. The Morgan fingerprint density at radius 3 is 3.00 bits per heavy atom. The fourth-order valence-corrected chi connectivity index (χ4v) is 2.96. The van der Waals surface area contributed by atoms with Gasteiger partial charge in [-0.1, -0.05) is 0 Å². The summed E-state index contributed by atoms with van der Waals surface area (Å²) in [6, 6.07) is 6.51. The SMILES string of the molecule is CC1(C)OC2C(=O)NC(C(=O)Nc3ccc4cccn4n3)C2O1. The molecule has 0 bridgehead atoms. The molecule has 3 unspecified atom stereocenters. The van der Waals surface area contributed by atoms with E-state index in [4.69, 9.17) is 9.47 Å². The van der Waals surface area contributed by atoms with Gasteiger partial charge in [-0.3, -0.25) is 9.59 Å². The van der Waals surface area contributed by atoms with E-state index in [0.717, 1.165) is 5.52 Å². The van der Waals surface area contributed by atoms with E-state index >= 15 is 0 Å². The number of carbonyl (C=O) groups excluding carboxylic acids is 2. The van der Waals surface area contributed by atoms with Gasteiger partial charge in [0.2, 0.25) is 0 Å². The maximum Gasteiger partial charge on any atom is 0.252 e. The minimum Gasteiger partial charge on any atom is -0.341 e. The van der Waals surface area contributed by atoms with Crippen molar-refractivity contribution in [2.24, 2.45) is 0 Å². The smallest absolute Gasteiger partial charge is 0.252 e. The zero-order chi connectivity index (χ0) is 16.2. The van der Waals surface area contributed by atoms with Gasteiger partial charge in [-0.25, -0.2) is 4.52 Å². The molecule has 2 aliphatic heterocycles. The molecular formula is C15H16N4O4. The minimum atomic E-state index is -0.881. The van der Waals surface area contributed by atoms with Gasteiger partial charge in [-0.15, -0.1) is 0 Å². The Hall–Kier alpha value is -2.45. The Kier molecular flexibility index (Phi) is 2.94. The Bertz CT molecular complexity index is 800. The first-order valence-corrected chi connectivity index (χ1v) is 7.34. The molecule has 8 heteroatoms. The number of amides is 2. The highest BCUT2D eigenvalue weighted by molar-refractivity contribution is 6.01. The van der Waals surface area contributed by atoms with Crippen LogP contribution in [0.3, 0.4) is 0 Å². The summed E-state index contributed by atoms with van der Waals surface area (Å²) in [5.74, 6) is -1.20. The van der Waals surface area contributed by atoms with E-state index in [2.05, 4.69) is 15.7 Å². The van der Waals surface area contributed by atoms with E-state index in [0.29, 0.717) is 5.82 Å². The number of hydrogen-bond donors (Lipinski definition) is 2. The van der Waals surface area contributed by atoms with Crippen molar-refractivity contribution in [3.8, 4) is 0 Å². The van der Waals surface area contributed by atoms with Crippen LogP contribution in [0, 0.1) is 0 Å². The first-order chi connectivity index (χ1) is 10.9. The lowest BCUT2D eigenvalue weighted by molar-refractivity contribution is -0.163. The Labute approximate surface area is 131 Å². The Morgan fingerprint density at radius 2 is 2.17 bits per heavy atom. The van der Waals surface area contributed by atoms with E-state index in [9.17, 15) is 9.59 Å². The maximum absolute atomic E-state index is 12.5. The second-order valence-electron chi connectivity index (χ2n) is 6.09. The van der Waals surface area contributed by atoms with Crippen molar-refractivity contribution in [3.05, 3.63) is 30.5 Å². The number of aromatic nitrogens is 2. The average Bonchev–Trinajstić information content (AvgIpc) is 3.13. The van der Waals surface area contributed by atoms with Crippen molar-refractivity contribution in [1.29, 1.82) is 0 Å². The van der Waals surface area contributed by atoms with Crippen LogP contribution in [-0.2, 0) is 19.1 Å². The lowest BCUT2D eigenvalue weighted by Crippen LogP contribution is -2.45. The van der Waals surface area contributed by atoms with Gasteiger partial charge in [-0.05, 0) is 38.1 Å².